The zero-order chi connectivity index (χ0) is 23.9. The van der Waals surface area contributed by atoms with Gasteiger partial charge in [-0.05, 0) is 80.0 Å². The van der Waals surface area contributed by atoms with Gasteiger partial charge in [0.15, 0.2) is 0 Å². The third-order valence-corrected chi connectivity index (χ3v) is 6.01. The van der Waals surface area contributed by atoms with Gasteiger partial charge in [-0.1, -0.05) is 36.4 Å². The lowest BCUT2D eigenvalue weighted by Crippen LogP contribution is -2.34. The number of carbonyl (C=O) groups is 1. The standard InChI is InChI=1S/C27H30F3NO2/c1-2-19-31(24-10-4-3-5-11-24)25(32)12-7-6-9-22(20-26(33)17-8-18-26)21-13-15-23(16-14-21)27(28,29)30/h2-5,10-11,13-16,20,33H,1,6-9,12,17-19H2/b22-20+. The number of aliphatic hydroxyl groups is 1. The third-order valence-electron chi connectivity index (χ3n) is 6.01. The molecule has 1 aliphatic rings. The monoisotopic (exact) mass is 457 g/mol. The van der Waals surface area contributed by atoms with E-state index in [2.05, 4.69) is 6.58 Å². The highest BCUT2D eigenvalue weighted by molar-refractivity contribution is 5.93. The number of amides is 1. The Balaban J connectivity index is 1.64. The van der Waals surface area contributed by atoms with Crippen LogP contribution in [0.3, 0.4) is 0 Å². The number of anilines is 1. The molecule has 0 heterocycles. The van der Waals surface area contributed by atoms with Crippen molar-refractivity contribution in [3.63, 3.8) is 0 Å². The SMILES string of the molecule is C=CCN(C(=O)CCCC/C(=C\C1(O)CCC1)c1ccc(C(F)(F)F)cc1)c1ccccc1. The Morgan fingerprint density at radius 2 is 1.67 bits per heavy atom. The minimum atomic E-state index is -4.38. The summed E-state index contributed by atoms with van der Waals surface area (Å²) in [5.74, 6) is -0.00113. The van der Waals surface area contributed by atoms with Crippen LogP contribution in [0.15, 0.2) is 73.3 Å². The molecule has 0 atom stereocenters. The second-order valence-electron chi connectivity index (χ2n) is 8.54. The summed E-state index contributed by atoms with van der Waals surface area (Å²) < 4.78 is 38.8. The molecule has 0 saturated heterocycles. The number of allylic oxidation sites excluding steroid dienone is 1. The Morgan fingerprint density at radius 3 is 2.21 bits per heavy atom. The number of hydrogen-bond acceptors (Lipinski definition) is 2. The van der Waals surface area contributed by atoms with Crippen LogP contribution in [-0.4, -0.2) is 23.2 Å². The lowest BCUT2D eigenvalue weighted by Gasteiger charge is -2.34. The molecular formula is C27H30F3NO2. The van der Waals surface area contributed by atoms with Gasteiger partial charge < -0.3 is 10.0 Å². The highest BCUT2D eigenvalue weighted by Gasteiger charge is 2.33. The summed E-state index contributed by atoms with van der Waals surface area (Å²) in [6.45, 7) is 4.16. The lowest BCUT2D eigenvalue weighted by atomic mass is 9.78. The Labute approximate surface area is 193 Å². The van der Waals surface area contributed by atoms with Crippen molar-refractivity contribution in [2.45, 2.75) is 56.7 Å². The van der Waals surface area contributed by atoms with Gasteiger partial charge >= 0.3 is 6.18 Å². The smallest absolute Gasteiger partial charge is 0.386 e. The Bertz CT molecular complexity index is 961. The molecule has 0 spiro atoms. The summed E-state index contributed by atoms with van der Waals surface area (Å²) in [7, 11) is 0. The van der Waals surface area contributed by atoms with Crippen molar-refractivity contribution in [1.82, 2.24) is 0 Å². The maximum atomic E-state index is 12.9. The highest BCUT2D eigenvalue weighted by Crippen LogP contribution is 2.37. The van der Waals surface area contributed by atoms with Gasteiger partial charge in [0.05, 0.1) is 11.2 Å². The molecule has 0 aromatic heterocycles. The molecule has 2 aromatic carbocycles. The summed E-state index contributed by atoms with van der Waals surface area (Å²) >= 11 is 0. The van der Waals surface area contributed by atoms with E-state index in [0.29, 0.717) is 50.6 Å². The summed E-state index contributed by atoms with van der Waals surface area (Å²) in [5.41, 5.74) is 0.736. The fraction of sp³-hybridized carbons (Fsp3) is 0.370. The van der Waals surface area contributed by atoms with E-state index in [1.165, 1.54) is 12.1 Å². The van der Waals surface area contributed by atoms with Crippen LogP contribution in [0.4, 0.5) is 18.9 Å². The van der Waals surface area contributed by atoms with E-state index in [1.54, 1.807) is 17.1 Å². The molecular weight excluding hydrogens is 427 g/mol. The average molecular weight is 458 g/mol. The topological polar surface area (TPSA) is 40.5 Å². The largest absolute Gasteiger partial charge is 0.416 e. The minimum Gasteiger partial charge on any atom is -0.386 e. The predicted octanol–water partition coefficient (Wildman–Crippen LogP) is 6.78. The number of rotatable bonds is 10. The molecule has 176 valence electrons. The normalized spacial score (nSPS) is 15.6. The predicted molar refractivity (Wildman–Crippen MR) is 126 cm³/mol. The number of unbranched alkanes of at least 4 members (excludes halogenated alkanes) is 1. The van der Waals surface area contributed by atoms with Gasteiger partial charge in [0, 0.05) is 18.7 Å². The molecule has 3 rings (SSSR count). The van der Waals surface area contributed by atoms with Crippen LogP contribution < -0.4 is 4.90 Å². The van der Waals surface area contributed by atoms with Gasteiger partial charge in [0.1, 0.15) is 0 Å². The number of benzene rings is 2. The van der Waals surface area contributed by atoms with Crippen molar-refractivity contribution in [3.8, 4) is 0 Å². The van der Waals surface area contributed by atoms with Gasteiger partial charge in [0.2, 0.25) is 5.91 Å². The van der Waals surface area contributed by atoms with E-state index in [1.807, 2.05) is 30.3 Å². The van der Waals surface area contributed by atoms with Crippen molar-refractivity contribution in [1.29, 1.82) is 0 Å². The van der Waals surface area contributed by atoms with Gasteiger partial charge in [-0.15, -0.1) is 6.58 Å². The summed E-state index contributed by atoms with van der Waals surface area (Å²) in [4.78, 5) is 14.5. The zero-order valence-corrected chi connectivity index (χ0v) is 18.7. The number of nitrogens with zero attached hydrogens (tertiary/aromatic N) is 1. The zero-order valence-electron chi connectivity index (χ0n) is 18.7. The molecule has 0 bridgehead atoms. The number of alkyl halides is 3. The quantitative estimate of drug-likeness (QED) is 0.315. The molecule has 0 radical (unpaired) electrons. The van der Waals surface area contributed by atoms with Crippen molar-refractivity contribution in [2.24, 2.45) is 0 Å². The fourth-order valence-electron chi connectivity index (χ4n) is 4.00. The maximum Gasteiger partial charge on any atom is 0.416 e. The van der Waals surface area contributed by atoms with E-state index in [-0.39, 0.29) is 5.91 Å². The Morgan fingerprint density at radius 1 is 1.03 bits per heavy atom. The van der Waals surface area contributed by atoms with Gasteiger partial charge in [-0.2, -0.15) is 13.2 Å². The third kappa shape index (κ3) is 6.81. The van der Waals surface area contributed by atoms with E-state index in [4.69, 9.17) is 0 Å². The first-order valence-corrected chi connectivity index (χ1v) is 11.3. The first-order valence-electron chi connectivity index (χ1n) is 11.3. The molecule has 1 N–H and O–H groups in total. The van der Waals surface area contributed by atoms with Gasteiger partial charge in [-0.3, -0.25) is 4.79 Å². The molecule has 1 saturated carbocycles. The number of halogens is 3. The number of para-hydroxylation sites is 1. The van der Waals surface area contributed by atoms with Gasteiger partial charge in [-0.25, -0.2) is 0 Å². The molecule has 33 heavy (non-hydrogen) atoms. The first-order chi connectivity index (χ1) is 15.7. The van der Waals surface area contributed by atoms with E-state index < -0.39 is 17.3 Å². The molecule has 0 unspecified atom stereocenters. The Hall–Kier alpha value is -2.86. The number of carbonyl (C=O) groups excluding carboxylic acids is 1. The highest BCUT2D eigenvalue weighted by atomic mass is 19.4. The second kappa shape index (κ2) is 10.8. The van der Waals surface area contributed by atoms with Crippen LogP contribution in [0.25, 0.3) is 5.57 Å². The molecule has 1 fully saturated rings. The van der Waals surface area contributed by atoms with Crippen LogP contribution in [0, 0.1) is 0 Å². The lowest BCUT2D eigenvalue weighted by molar-refractivity contribution is -0.137. The molecule has 2 aromatic rings. The minimum absolute atomic E-state index is 0.00113. The van der Waals surface area contributed by atoms with Crippen LogP contribution in [0.1, 0.15) is 56.1 Å². The second-order valence-corrected chi connectivity index (χ2v) is 8.54. The molecule has 1 amide bonds. The van der Waals surface area contributed by atoms with Crippen LogP contribution in [0.2, 0.25) is 0 Å². The Kier molecular flexibility index (Phi) is 8.14. The van der Waals surface area contributed by atoms with Crippen molar-refractivity contribution in [2.75, 3.05) is 11.4 Å². The summed E-state index contributed by atoms with van der Waals surface area (Å²) in [6.07, 6.45) is 3.60. The van der Waals surface area contributed by atoms with Crippen LogP contribution in [-0.2, 0) is 11.0 Å². The summed E-state index contributed by atoms with van der Waals surface area (Å²) in [5, 5.41) is 10.6. The van der Waals surface area contributed by atoms with E-state index in [9.17, 15) is 23.1 Å². The molecule has 0 aliphatic heterocycles. The average Bonchev–Trinajstić information content (AvgIpc) is 2.78. The van der Waals surface area contributed by atoms with Crippen molar-refractivity contribution < 1.29 is 23.1 Å². The first kappa shape index (κ1) is 24.8. The molecule has 3 nitrogen and oxygen atoms in total. The van der Waals surface area contributed by atoms with Gasteiger partial charge in [0.25, 0.3) is 0 Å². The number of hydrogen-bond donors (Lipinski definition) is 1. The van der Waals surface area contributed by atoms with Crippen molar-refractivity contribution in [3.05, 3.63) is 84.5 Å². The maximum absolute atomic E-state index is 12.9. The van der Waals surface area contributed by atoms with Crippen LogP contribution in [0.5, 0.6) is 0 Å². The van der Waals surface area contributed by atoms with Crippen molar-refractivity contribution >= 4 is 17.2 Å². The fourth-order valence-corrected chi connectivity index (χ4v) is 4.00. The summed E-state index contributed by atoms with van der Waals surface area (Å²) in [6, 6.07) is 14.5. The van der Waals surface area contributed by atoms with E-state index in [0.717, 1.165) is 29.8 Å². The molecule has 6 heteroatoms. The van der Waals surface area contributed by atoms with E-state index >= 15 is 0 Å². The van der Waals surface area contributed by atoms with Crippen LogP contribution >= 0.6 is 0 Å². The molecule has 1 aliphatic carbocycles.